The van der Waals surface area contributed by atoms with Crippen LogP contribution >= 0.6 is 0 Å². The van der Waals surface area contributed by atoms with Gasteiger partial charge in [-0.1, -0.05) is 6.42 Å². The highest BCUT2D eigenvalue weighted by atomic mass is 16.5. The highest BCUT2D eigenvalue weighted by molar-refractivity contribution is 4.82. The fraction of sp³-hybridized carbons (Fsp3) is 1.00. The zero-order valence-corrected chi connectivity index (χ0v) is 10.1. The Morgan fingerprint density at radius 3 is 2.47 bits per heavy atom. The lowest BCUT2D eigenvalue weighted by Crippen LogP contribution is -2.40. The molecule has 0 aromatic rings. The second-order valence-electron chi connectivity index (χ2n) is 5.22. The van der Waals surface area contributed by atoms with E-state index in [2.05, 4.69) is 11.8 Å². The van der Waals surface area contributed by atoms with Crippen LogP contribution in [-0.4, -0.2) is 37.7 Å². The van der Waals surface area contributed by atoms with Crippen LogP contribution in [0.4, 0.5) is 0 Å². The molecule has 2 rings (SSSR count). The van der Waals surface area contributed by atoms with Crippen LogP contribution < -0.4 is 0 Å². The van der Waals surface area contributed by atoms with Gasteiger partial charge in [0.1, 0.15) is 0 Å². The van der Waals surface area contributed by atoms with Crippen LogP contribution in [0.25, 0.3) is 0 Å². The summed E-state index contributed by atoms with van der Waals surface area (Å²) in [5.74, 6) is 1.85. The van der Waals surface area contributed by atoms with Crippen molar-refractivity contribution in [2.45, 2.75) is 39.0 Å². The van der Waals surface area contributed by atoms with Gasteiger partial charge in [-0.3, -0.25) is 0 Å². The van der Waals surface area contributed by atoms with E-state index in [1.54, 1.807) is 0 Å². The van der Waals surface area contributed by atoms with Gasteiger partial charge in [-0.05, 0) is 57.5 Å². The summed E-state index contributed by atoms with van der Waals surface area (Å²) in [6.45, 7) is 8.05. The molecule has 1 saturated heterocycles. The summed E-state index contributed by atoms with van der Waals surface area (Å²) in [6.07, 6.45) is 7.13. The third kappa shape index (κ3) is 3.46. The Labute approximate surface area is 94.0 Å². The summed E-state index contributed by atoms with van der Waals surface area (Å²) in [6, 6.07) is 0. The molecule has 2 fully saturated rings. The van der Waals surface area contributed by atoms with E-state index in [4.69, 9.17) is 4.74 Å². The number of ether oxygens (including phenoxy) is 1. The lowest BCUT2D eigenvalue weighted by molar-refractivity contribution is 0.0335. The quantitative estimate of drug-likeness (QED) is 0.693. The molecule has 2 aliphatic rings. The van der Waals surface area contributed by atoms with Crippen LogP contribution in [-0.2, 0) is 4.74 Å². The fourth-order valence-electron chi connectivity index (χ4n) is 2.95. The van der Waals surface area contributed by atoms with E-state index in [1.807, 2.05) is 0 Å². The van der Waals surface area contributed by atoms with Crippen molar-refractivity contribution < 1.29 is 4.74 Å². The van der Waals surface area contributed by atoms with Crippen LogP contribution in [0.2, 0.25) is 0 Å². The molecule has 1 heterocycles. The summed E-state index contributed by atoms with van der Waals surface area (Å²) in [4.78, 5) is 2.67. The van der Waals surface area contributed by atoms with Gasteiger partial charge in [0.05, 0.1) is 0 Å². The van der Waals surface area contributed by atoms with Crippen molar-refractivity contribution in [1.29, 1.82) is 0 Å². The summed E-state index contributed by atoms with van der Waals surface area (Å²) >= 11 is 0. The Balaban J connectivity index is 1.54. The topological polar surface area (TPSA) is 12.5 Å². The van der Waals surface area contributed by atoms with Gasteiger partial charge in [0, 0.05) is 19.8 Å². The van der Waals surface area contributed by atoms with E-state index in [-0.39, 0.29) is 0 Å². The minimum atomic E-state index is 0.875. The third-order valence-corrected chi connectivity index (χ3v) is 3.86. The van der Waals surface area contributed by atoms with Gasteiger partial charge in [0.15, 0.2) is 0 Å². The number of piperidine rings is 1. The van der Waals surface area contributed by atoms with Crippen LogP contribution in [0.5, 0.6) is 0 Å². The van der Waals surface area contributed by atoms with Crippen molar-refractivity contribution in [1.82, 2.24) is 4.90 Å². The molecular weight excluding hydrogens is 186 g/mol. The molecular formula is C13H25NO. The average Bonchev–Trinajstić information content (AvgIpc) is 2.23. The van der Waals surface area contributed by atoms with Crippen LogP contribution in [0.3, 0.4) is 0 Å². The van der Waals surface area contributed by atoms with Crippen molar-refractivity contribution in [2.75, 3.05) is 32.8 Å². The number of hydrogen-bond acceptors (Lipinski definition) is 2. The van der Waals surface area contributed by atoms with Gasteiger partial charge in [-0.15, -0.1) is 0 Å². The van der Waals surface area contributed by atoms with Crippen molar-refractivity contribution in [2.24, 2.45) is 11.8 Å². The minimum absolute atomic E-state index is 0.875. The molecule has 0 spiro atoms. The molecule has 2 heteroatoms. The molecule has 2 nitrogen and oxygen atoms in total. The Bertz CT molecular complexity index is 171. The van der Waals surface area contributed by atoms with E-state index >= 15 is 0 Å². The van der Waals surface area contributed by atoms with Gasteiger partial charge in [-0.25, -0.2) is 0 Å². The first-order valence-corrected chi connectivity index (χ1v) is 6.68. The number of rotatable bonds is 5. The van der Waals surface area contributed by atoms with Crippen molar-refractivity contribution in [3.63, 3.8) is 0 Å². The Morgan fingerprint density at radius 1 is 1.07 bits per heavy atom. The largest absolute Gasteiger partial charge is 0.381 e. The maximum atomic E-state index is 5.46. The lowest BCUT2D eigenvalue weighted by atomic mass is 9.75. The molecule has 0 unspecified atom stereocenters. The van der Waals surface area contributed by atoms with E-state index in [1.165, 1.54) is 51.7 Å². The predicted octanol–water partition coefficient (Wildman–Crippen LogP) is 2.54. The molecule has 0 amide bonds. The molecule has 1 aliphatic heterocycles. The first-order chi connectivity index (χ1) is 7.38. The normalized spacial score (nSPS) is 32.6. The van der Waals surface area contributed by atoms with E-state index in [0.29, 0.717) is 0 Å². The van der Waals surface area contributed by atoms with Gasteiger partial charge in [0.25, 0.3) is 0 Å². The standard InChI is InChI=1S/C13H25NO/c1-2-15-11-13-8-12(9-13)10-14-6-4-3-5-7-14/h12-13H,2-11H2,1H3. The first-order valence-electron chi connectivity index (χ1n) is 6.68. The van der Waals surface area contributed by atoms with Gasteiger partial charge >= 0.3 is 0 Å². The molecule has 0 atom stereocenters. The molecule has 0 N–H and O–H groups in total. The zero-order valence-electron chi connectivity index (χ0n) is 10.1. The van der Waals surface area contributed by atoms with Gasteiger partial charge in [-0.2, -0.15) is 0 Å². The molecule has 1 aliphatic carbocycles. The first kappa shape index (κ1) is 11.4. The fourth-order valence-corrected chi connectivity index (χ4v) is 2.95. The number of hydrogen-bond donors (Lipinski definition) is 0. The molecule has 0 aromatic heterocycles. The smallest absolute Gasteiger partial charge is 0.0494 e. The monoisotopic (exact) mass is 211 g/mol. The molecule has 0 aromatic carbocycles. The van der Waals surface area contributed by atoms with E-state index in [0.717, 1.165) is 25.0 Å². The minimum Gasteiger partial charge on any atom is -0.381 e. The second kappa shape index (κ2) is 5.86. The molecule has 88 valence electrons. The molecule has 0 bridgehead atoms. The van der Waals surface area contributed by atoms with Crippen molar-refractivity contribution in [3.05, 3.63) is 0 Å². The predicted molar refractivity (Wildman–Crippen MR) is 63.0 cm³/mol. The van der Waals surface area contributed by atoms with Crippen LogP contribution in [0.15, 0.2) is 0 Å². The summed E-state index contributed by atoms with van der Waals surface area (Å²) < 4.78 is 5.46. The lowest BCUT2D eigenvalue weighted by Gasteiger charge is -2.39. The van der Waals surface area contributed by atoms with Gasteiger partial charge in [0.2, 0.25) is 0 Å². The van der Waals surface area contributed by atoms with Gasteiger partial charge < -0.3 is 9.64 Å². The highest BCUT2D eigenvalue weighted by Crippen LogP contribution is 2.34. The zero-order chi connectivity index (χ0) is 10.5. The number of likely N-dealkylation sites (tertiary alicyclic amines) is 1. The van der Waals surface area contributed by atoms with Crippen LogP contribution in [0, 0.1) is 11.8 Å². The number of nitrogens with zero attached hydrogens (tertiary/aromatic N) is 1. The third-order valence-electron chi connectivity index (χ3n) is 3.86. The highest BCUT2D eigenvalue weighted by Gasteiger charge is 2.30. The van der Waals surface area contributed by atoms with Crippen molar-refractivity contribution >= 4 is 0 Å². The van der Waals surface area contributed by atoms with E-state index in [9.17, 15) is 0 Å². The van der Waals surface area contributed by atoms with Crippen molar-refractivity contribution in [3.8, 4) is 0 Å². The Morgan fingerprint density at radius 2 is 1.80 bits per heavy atom. The van der Waals surface area contributed by atoms with Crippen LogP contribution in [0.1, 0.15) is 39.0 Å². The molecule has 15 heavy (non-hydrogen) atoms. The summed E-state index contributed by atoms with van der Waals surface area (Å²) in [5.41, 5.74) is 0. The second-order valence-corrected chi connectivity index (χ2v) is 5.22. The Kier molecular flexibility index (Phi) is 4.45. The maximum Gasteiger partial charge on any atom is 0.0494 e. The molecule has 1 saturated carbocycles. The molecule has 0 radical (unpaired) electrons. The average molecular weight is 211 g/mol. The maximum absolute atomic E-state index is 5.46. The SMILES string of the molecule is CCOCC1CC(CN2CCCCC2)C1. The summed E-state index contributed by atoms with van der Waals surface area (Å²) in [7, 11) is 0. The Hall–Kier alpha value is -0.0800. The van der Waals surface area contributed by atoms with E-state index < -0.39 is 0 Å². The summed E-state index contributed by atoms with van der Waals surface area (Å²) in [5, 5.41) is 0.